The summed E-state index contributed by atoms with van der Waals surface area (Å²) in [6, 6.07) is 11.8. The molecule has 0 atom stereocenters. The summed E-state index contributed by atoms with van der Waals surface area (Å²) in [5.74, 6) is 0. The van der Waals surface area contributed by atoms with Crippen molar-refractivity contribution in [2.24, 2.45) is 7.05 Å². The lowest BCUT2D eigenvalue weighted by atomic mass is 10.0. The van der Waals surface area contributed by atoms with E-state index < -0.39 is 0 Å². The van der Waals surface area contributed by atoms with Gasteiger partial charge in [0.15, 0.2) is 0 Å². The summed E-state index contributed by atoms with van der Waals surface area (Å²) in [4.78, 5) is 15.4. The van der Waals surface area contributed by atoms with Crippen LogP contribution in [0.5, 0.6) is 0 Å². The van der Waals surface area contributed by atoms with E-state index in [9.17, 15) is 4.79 Å². The van der Waals surface area contributed by atoms with E-state index in [0.717, 1.165) is 16.8 Å². The monoisotopic (exact) mass is 226 g/mol. The normalized spacial score (nSPS) is 10.2. The summed E-state index contributed by atoms with van der Waals surface area (Å²) in [6.45, 7) is 4.02. The second-order valence-electron chi connectivity index (χ2n) is 3.96. The predicted molar refractivity (Wildman–Crippen MR) is 68.7 cm³/mol. The summed E-state index contributed by atoms with van der Waals surface area (Å²) in [7, 11) is 1.69. The second kappa shape index (κ2) is 4.78. The Bertz CT molecular complexity index is 585. The first-order valence-corrected chi connectivity index (χ1v) is 5.42. The molecule has 2 aromatic rings. The summed E-state index contributed by atoms with van der Waals surface area (Å²) in [5, 5.41) is 0. The van der Waals surface area contributed by atoms with Gasteiger partial charge in [-0.05, 0) is 17.2 Å². The van der Waals surface area contributed by atoms with Crippen LogP contribution in [0.1, 0.15) is 11.3 Å². The van der Waals surface area contributed by atoms with Crippen molar-refractivity contribution in [3.63, 3.8) is 0 Å². The van der Waals surface area contributed by atoms with Crippen LogP contribution in [0.3, 0.4) is 0 Å². The molecule has 0 saturated heterocycles. The molecule has 0 aliphatic rings. The molecular weight excluding hydrogens is 212 g/mol. The first-order chi connectivity index (χ1) is 8.16. The maximum absolute atomic E-state index is 11.4. The van der Waals surface area contributed by atoms with Gasteiger partial charge >= 0.3 is 5.69 Å². The van der Waals surface area contributed by atoms with Gasteiger partial charge in [-0.15, -0.1) is 0 Å². The maximum Gasteiger partial charge on any atom is 0.347 e. The number of rotatable bonds is 3. The van der Waals surface area contributed by atoms with E-state index in [2.05, 4.69) is 11.6 Å². The third-order valence-electron chi connectivity index (χ3n) is 2.61. The highest BCUT2D eigenvalue weighted by Gasteiger charge is 2.02. The lowest BCUT2D eigenvalue weighted by molar-refractivity contribution is 0.794. The molecule has 1 heterocycles. The average molecular weight is 226 g/mol. The molecule has 2 rings (SSSR count). The predicted octanol–water partition coefficient (Wildman–Crippen LogP) is 2.04. The van der Waals surface area contributed by atoms with E-state index in [-0.39, 0.29) is 5.69 Å². The van der Waals surface area contributed by atoms with Gasteiger partial charge in [0.2, 0.25) is 0 Å². The van der Waals surface area contributed by atoms with Crippen LogP contribution in [0, 0.1) is 0 Å². The standard InChI is InChI=1S/C14H14N2O/c1-11(12-6-4-3-5-7-12)10-13-8-9-16(2)14(17)15-13/h3-9H,1,10H2,2H3. The van der Waals surface area contributed by atoms with Crippen LogP contribution in [0.25, 0.3) is 5.57 Å². The van der Waals surface area contributed by atoms with Crippen molar-refractivity contribution in [3.8, 4) is 0 Å². The van der Waals surface area contributed by atoms with Crippen LogP contribution in [-0.2, 0) is 13.5 Å². The lowest BCUT2D eigenvalue weighted by Crippen LogP contribution is -2.20. The zero-order chi connectivity index (χ0) is 12.3. The minimum atomic E-state index is -0.233. The molecule has 1 aromatic carbocycles. The fourth-order valence-corrected chi connectivity index (χ4v) is 1.59. The highest BCUT2D eigenvalue weighted by molar-refractivity contribution is 5.64. The van der Waals surface area contributed by atoms with Gasteiger partial charge in [0, 0.05) is 19.7 Å². The van der Waals surface area contributed by atoms with Gasteiger partial charge in [-0.3, -0.25) is 0 Å². The third kappa shape index (κ3) is 2.69. The van der Waals surface area contributed by atoms with Gasteiger partial charge in [0.1, 0.15) is 0 Å². The van der Waals surface area contributed by atoms with Crippen LogP contribution >= 0.6 is 0 Å². The quantitative estimate of drug-likeness (QED) is 0.802. The van der Waals surface area contributed by atoms with Gasteiger partial charge in [-0.2, -0.15) is 4.98 Å². The van der Waals surface area contributed by atoms with Crippen LogP contribution in [0.15, 0.2) is 54.0 Å². The number of hydrogen-bond donors (Lipinski definition) is 0. The van der Waals surface area contributed by atoms with E-state index in [1.54, 1.807) is 13.2 Å². The van der Waals surface area contributed by atoms with E-state index in [1.807, 2.05) is 36.4 Å². The Morgan fingerprint density at radius 2 is 2.00 bits per heavy atom. The topological polar surface area (TPSA) is 34.9 Å². The van der Waals surface area contributed by atoms with E-state index >= 15 is 0 Å². The Balaban J connectivity index is 2.19. The van der Waals surface area contributed by atoms with Gasteiger partial charge < -0.3 is 4.57 Å². The summed E-state index contributed by atoms with van der Waals surface area (Å²) < 4.78 is 1.45. The van der Waals surface area contributed by atoms with Gasteiger partial charge in [0.25, 0.3) is 0 Å². The Kier molecular flexibility index (Phi) is 3.19. The Morgan fingerprint density at radius 1 is 1.29 bits per heavy atom. The van der Waals surface area contributed by atoms with Crippen LogP contribution in [0.2, 0.25) is 0 Å². The van der Waals surface area contributed by atoms with Crippen molar-refractivity contribution in [1.82, 2.24) is 9.55 Å². The maximum atomic E-state index is 11.4. The molecule has 0 bridgehead atoms. The largest absolute Gasteiger partial charge is 0.347 e. The Morgan fingerprint density at radius 3 is 2.65 bits per heavy atom. The molecule has 0 aliphatic heterocycles. The average Bonchev–Trinajstić information content (AvgIpc) is 2.35. The smallest absolute Gasteiger partial charge is 0.302 e. The van der Waals surface area contributed by atoms with Crippen molar-refractivity contribution < 1.29 is 0 Å². The SMILES string of the molecule is C=C(Cc1ccn(C)c(=O)n1)c1ccccc1. The summed E-state index contributed by atoms with van der Waals surface area (Å²) in [5.41, 5.74) is 2.56. The molecule has 0 unspecified atom stereocenters. The van der Waals surface area contributed by atoms with Gasteiger partial charge in [-0.1, -0.05) is 36.9 Å². The molecule has 17 heavy (non-hydrogen) atoms. The Labute approximate surface area is 100 Å². The number of nitrogens with zero attached hydrogens (tertiary/aromatic N) is 2. The number of allylic oxidation sites excluding steroid dienone is 1. The first-order valence-electron chi connectivity index (χ1n) is 5.42. The molecule has 1 aromatic heterocycles. The fourth-order valence-electron chi connectivity index (χ4n) is 1.59. The van der Waals surface area contributed by atoms with Crippen LogP contribution < -0.4 is 5.69 Å². The van der Waals surface area contributed by atoms with Crippen molar-refractivity contribution >= 4 is 5.57 Å². The third-order valence-corrected chi connectivity index (χ3v) is 2.61. The highest BCUT2D eigenvalue weighted by Crippen LogP contribution is 2.15. The number of aryl methyl sites for hydroxylation is 1. The molecule has 0 spiro atoms. The van der Waals surface area contributed by atoms with Crippen molar-refractivity contribution in [1.29, 1.82) is 0 Å². The first kappa shape index (κ1) is 11.3. The summed E-state index contributed by atoms with van der Waals surface area (Å²) in [6.07, 6.45) is 2.32. The number of benzene rings is 1. The minimum Gasteiger partial charge on any atom is -0.302 e. The molecule has 3 nitrogen and oxygen atoms in total. The molecule has 86 valence electrons. The van der Waals surface area contributed by atoms with E-state index in [1.165, 1.54) is 4.57 Å². The molecule has 3 heteroatoms. The number of hydrogen-bond acceptors (Lipinski definition) is 2. The zero-order valence-electron chi connectivity index (χ0n) is 9.76. The van der Waals surface area contributed by atoms with Crippen molar-refractivity contribution in [2.45, 2.75) is 6.42 Å². The number of aromatic nitrogens is 2. The summed E-state index contributed by atoms with van der Waals surface area (Å²) >= 11 is 0. The fraction of sp³-hybridized carbons (Fsp3) is 0.143. The van der Waals surface area contributed by atoms with Crippen molar-refractivity contribution in [2.75, 3.05) is 0 Å². The van der Waals surface area contributed by atoms with Crippen LogP contribution in [-0.4, -0.2) is 9.55 Å². The molecule has 0 saturated carbocycles. The van der Waals surface area contributed by atoms with Crippen LogP contribution in [0.4, 0.5) is 0 Å². The Hall–Kier alpha value is -2.16. The minimum absolute atomic E-state index is 0.233. The van der Waals surface area contributed by atoms with E-state index in [0.29, 0.717) is 6.42 Å². The molecular formula is C14H14N2O. The molecule has 0 aliphatic carbocycles. The lowest BCUT2D eigenvalue weighted by Gasteiger charge is -2.05. The molecule has 0 radical (unpaired) electrons. The van der Waals surface area contributed by atoms with Gasteiger partial charge in [0.05, 0.1) is 5.69 Å². The van der Waals surface area contributed by atoms with Gasteiger partial charge in [-0.25, -0.2) is 4.79 Å². The second-order valence-corrected chi connectivity index (χ2v) is 3.96. The highest BCUT2D eigenvalue weighted by atomic mass is 16.1. The molecule has 0 amide bonds. The molecule has 0 fully saturated rings. The van der Waals surface area contributed by atoms with E-state index in [4.69, 9.17) is 0 Å². The molecule has 0 N–H and O–H groups in total. The zero-order valence-corrected chi connectivity index (χ0v) is 9.76. The van der Waals surface area contributed by atoms with Crippen molar-refractivity contribution in [3.05, 3.63) is 70.9 Å².